The molecule has 0 aliphatic carbocycles. The molecule has 20 nitrogen and oxygen atoms in total. The zero-order valence-electron chi connectivity index (χ0n) is 27.5. The van der Waals surface area contributed by atoms with Crippen molar-refractivity contribution in [3.8, 4) is 5.95 Å². The van der Waals surface area contributed by atoms with Crippen LogP contribution in [0.3, 0.4) is 0 Å². The van der Waals surface area contributed by atoms with Gasteiger partial charge in [-0.15, -0.1) is 20.4 Å². The highest BCUT2D eigenvalue weighted by Crippen LogP contribution is 2.38. The van der Waals surface area contributed by atoms with Crippen molar-refractivity contribution in [3.63, 3.8) is 0 Å². The Balaban J connectivity index is 1.67. The quantitative estimate of drug-likeness (QED) is 0.0569. The molecule has 22 heteroatoms. The van der Waals surface area contributed by atoms with Crippen molar-refractivity contribution in [1.82, 2.24) is 34.9 Å². The van der Waals surface area contributed by atoms with Crippen molar-refractivity contribution in [2.24, 2.45) is 10.2 Å². The van der Waals surface area contributed by atoms with Crippen LogP contribution >= 0.6 is 23.1 Å². The van der Waals surface area contributed by atoms with Crippen LogP contribution < -0.4 is 16.4 Å². The molecule has 0 atom stereocenters. The van der Waals surface area contributed by atoms with Crippen LogP contribution in [0.5, 0.6) is 0 Å². The molecule has 0 saturated heterocycles. The Morgan fingerprint density at radius 1 is 0.788 bits per heavy atom. The minimum absolute atomic E-state index is 0.0302. The van der Waals surface area contributed by atoms with Crippen LogP contribution in [0.2, 0.25) is 0 Å². The van der Waals surface area contributed by atoms with Crippen LogP contribution in [0.15, 0.2) is 51.0 Å². The van der Waals surface area contributed by atoms with E-state index >= 15 is 0 Å². The van der Waals surface area contributed by atoms with Crippen molar-refractivity contribution in [2.75, 3.05) is 22.1 Å². The topological polar surface area (TPSA) is 306 Å². The second-order valence-electron chi connectivity index (χ2n) is 11.6. The number of nitrogens with zero attached hydrogens (tertiary/aromatic N) is 9. The molecule has 0 amide bonds. The highest BCUT2D eigenvalue weighted by Gasteiger charge is 2.28. The van der Waals surface area contributed by atoms with Crippen molar-refractivity contribution < 1.29 is 39.6 Å². The summed E-state index contributed by atoms with van der Waals surface area (Å²) in [4.78, 5) is 60.1. The molecule has 0 saturated carbocycles. The van der Waals surface area contributed by atoms with Crippen molar-refractivity contribution >= 4 is 86.9 Å². The fourth-order valence-electron chi connectivity index (χ4n) is 4.42. The lowest BCUT2D eigenvalue weighted by molar-refractivity contribution is 0.0676. The van der Waals surface area contributed by atoms with E-state index in [1.54, 1.807) is 0 Å². The number of aromatic nitrogens is 7. The van der Waals surface area contributed by atoms with Crippen LogP contribution in [-0.4, -0.2) is 85.0 Å². The fourth-order valence-corrected chi connectivity index (χ4v) is 5.98. The third kappa shape index (κ3) is 8.42. The number of anilines is 5. The third-order valence-corrected chi connectivity index (χ3v) is 8.51. The van der Waals surface area contributed by atoms with Gasteiger partial charge < -0.3 is 36.8 Å². The van der Waals surface area contributed by atoms with E-state index in [4.69, 9.17) is 5.73 Å². The van der Waals surface area contributed by atoms with Crippen LogP contribution in [-0.2, 0) is 5.41 Å². The number of carbonyl (C=O) groups is 4. The predicted octanol–water partition coefficient (Wildman–Crippen LogP) is 5.60. The van der Waals surface area contributed by atoms with Gasteiger partial charge in [0.1, 0.15) is 0 Å². The molecule has 0 unspecified atom stereocenters. The zero-order valence-corrected chi connectivity index (χ0v) is 29.1. The molecule has 5 rings (SSSR count). The molecule has 0 aliphatic heterocycles. The molecular weight excluding hydrogens is 721 g/mol. The SMILES string of the molecule is CCSc1nnc(N=Nc2c(C(C)(C)C)nn(-c3nc(Nc4cc(C(=O)O)cc(C(=O)O)c4)nc(Nc4cc(C(=O)O)cc(C(=O)O)c4)n3)c2N)s1. The summed E-state index contributed by atoms with van der Waals surface area (Å²) >= 11 is 2.72. The Morgan fingerprint density at radius 3 is 1.69 bits per heavy atom. The van der Waals surface area contributed by atoms with Gasteiger partial charge in [0, 0.05) is 16.8 Å². The summed E-state index contributed by atoms with van der Waals surface area (Å²) in [5, 5.41) is 65.3. The van der Waals surface area contributed by atoms with E-state index in [1.807, 2.05) is 27.7 Å². The summed E-state index contributed by atoms with van der Waals surface area (Å²) in [6, 6.07) is 6.54. The maximum absolute atomic E-state index is 11.7. The Hall–Kier alpha value is -6.55. The number of carboxylic acid groups (broad SMARTS) is 4. The summed E-state index contributed by atoms with van der Waals surface area (Å²) in [5.74, 6) is -5.64. The number of hydrogen-bond donors (Lipinski definition) is 7. The first kappa shape index (κ1) is 36.7. The van der Waals surface area contributed by atoms with Gasteiger partial charge in [0.25, 0.3) is 11.1 Å². The molecular formula is C30H28N12O8S2. The van der Waals surface area contributed by atoms with E-state index in [1.165, 1.54) is 23.1 Å². The Labute approximate surface area is 300 Å². The van der Waals surface area contributed by atoms with Gasteiger partial charge in [-0.05, 0) is 42.2 Å². The number of azo groups is 1. The number of nitrogens with one attached hydrogen (secondary N) is 2. The molecule has 0 aliphatic rings. The molecule has 0 bridgehead atoms. The third-order valence-electron chi connectivity index (χ3n) is 6.68. The number of nitrogen functional groups attached to an aromatic ring is 1. The monoisotopic (exact) mass is 748 g/mol. The van der Waals surface area contributed by atoms with Crippen LogP contribution in [0, 0.1) is 0 Å². The molecule has 268 valence electrons. The number of hydrogen-bond acceptors (Lipinski definition) is 17. The number of rotatable bonds is 13. The lowest BCUT2D eigenvalue weighted by atomic mass is 9.91. The molecule has 2 aromatic carbocycles. The summed E-state index contributed by atoms with van der Waals surface area (Å²) in [7, 11) is 0. The van der Waals surface area contributed by atoms with E-state index < -0.39 is 29.3 Å². The average Bonchev–Trinajstić information content (AvgIpc) is 3.66. The van der Waals surface area contributed by atoms with Crippen LogP contribution in [0.1, 0.15) is 74.8 Å². The second kappa shape index (κ2) is 14.7. The van der Waals surface area contributed by atoms with Crippen LogP contribution in [0.4, 0.5) is 39.9 Å². The lowest BCUT2D eigenvalue weighted by Crippen LogP contribution is -2.15. The largest absolute Gasteiger partial charge is 0.478 e. The summed E-state index contributed by atoms with van der Waals surface area (Å²) in [6.07, 6.45) is 0. The molecule has 3 aromatic heterocycles. The van der Waals surface area contributed by atoms with Gasteiger partial charge in [-0.2, -0.15) is 24.7 Å². The Bertz CT molecular complexity index is 2100. The average molecular weight is 749 g/mol. The molecule has 0 fully saturated rings. The summed E-state index contributed by atoms with van der Waals surface area (Å²) in [6.45, 7) is 7.55. The minimum atomic E-state index is -1.40. The predicted molar refractivity (Wildman–Crippen MR) is 188 cm³/mol. The van der Waals surface area contributed by atoms with E-state index in [0.717, 1.165) is 46.8 Å². The first-order chi connectivity index (χ1) is 24.5. The first-order valence-electron chi connectivity index (χ1n) is 14.8. The van der Waals surface area contributed by atoms with E-state index in [-0.39, 0.29) is 68.1 Å². The molecule has 5 aromatic rings. The Kier molecular flexibility index (Phi) is 10.4. The van der Waals surface area contributed by atoms with Gasteiger partial charge in [0.05, 0.1) is 27.9 Å². The number of aromatic carboxylic acids is 4. The second-order valence-corrected chi connectivity index (χ2v) is 14.0. The number of nitrogens with two attached hydrogens (primary N) is 1. The van der Waals surface area contributed by atoms with Crippen molar-refractivity contribution in [2.45, 2.75) is 37.4 Å². The Morgan fingerprint density at radius 2 is 1.27 bits per heavy atom. The molecule has 0 radical (unpaired) electrons. The highest BCUT2D eigenvalue weighted by molar-refractivity contribution is 8.01. The molecule has 52 heavy (non-hydrogen) atoms. The lowest BCUT2D eigenvalue weighted by Gasteiger charge is -2.15. The number of thioether (sulfide) groups is 1. The van der Waals surface area contributed by atoms with Gasteiger partial charge >= 0.3 is 23.9 Å². The zero-order chi connectivity index (χ0) is 37.9. The van der Waals surface area contributed by atoms with Crippen LogP contribution in [0.25, 0.3) is 5.95 Å². The van der Waals surface area contributed by atoms with E-state index in [0.29, 0.717) is 10.0 Å². The van der Waals surface area contributed by atoms with Crippen molar-refractivity contribution in [3.05, 3.63) is 64.3 Å². The summed E-state index contributed by atoms with van der Waals surface area (Å²) in [5.41, 5.74) is 5.02. The molecule has 3 heterocycles. The van der Waals surface area contributed by atoms with Crippen molar-refractivity contribution in [1.29, 1.82) is 0 Å². The molecule has 8 N–H and O–H groups in total. The summed E-state index contributed by atoms with van der Waals surface area (Å²) < 4.78 is 1.84. The minimum Gasteiger partial charge on any atom is -0.478 e. The van der Waals surface area contributed by atoms with E-state index in [9.17, 15) is 39.6 Å². The fraction of sp³-hybridized carbons (Fsp3) is 0.200. The van der Waals surface area contributed by atoms with Gasteiger partial charge in [0.15, 0.2) is 15.8 Å². The smallest absolute Gasteiger partial charge is 0.335 e. The van der Waals surface area contributed by atoms with Gasteiger partial charge in [-0.1, -0.05) is 50.8 Å². The van der Waals surface area contributed by atoms with Gasteiger partial charge in [-0.3, -0.25) is 0 Å². The molecule has 0 spiro atoms. The maximum atomic E-state index is 11.7. The van der Waals surface area contributed by atoms with E-state index in [2.05, 4.69) is 51.1 Å². The number of benzene rings is 2. The number of carboxylic acids is 4. The first-order valence-corrected chi connectivity index (χ1v) is 16.6. The van der Waals surface area contributed by atoms with Gasteiger partial charge in [-0.25, -0.2) is 19.2 Å². The maximum Gasteiger partial charge on any atom is 0.335 e. The van der Waals surface area contributed by atoms with Gasteiger partial charge in [0.2, 0.25) is 11.9 Å². The normalized spacial score (nSPS) is 11.5. The highest BCUT2D eigenvalue weighted by atomic mass is 32.2. The standard InChI is InChI=1S/C30H28N12O8S2/c1-5-51-29-40-39-28(52-29)38-37-18-19(30(2,3)4)41-42(20(18)31)27-35-25(32-16-8-12(21(43)44)6-13(9-16)22(45)46)34-26(36-27)33-17-10-14(23(47)48)7-15(11-17)24(49)50/h6-11H,5,31H2,1-4H3,(H,43,44)(H,45,46)(H,47,48)(H,49,50)(H2,32,33,34,35,36).